The number of benzene rings is 1. The smallest absolute Gasteiger partial charge is 0.299 e. The van der Waals surface area contributed by atoms with Gasteiger partial charge in [0.05, 0.1) is 11.8 Å². The van der Waals surface area contributed by atoms with E-state index in [1.807, 2.05) is 12.2 Å². The zero-order chi connectivity index (χ0) is 22.6. The number of carbonyl (C=O) groups is 3. The fraction of sp³-hybridized carbons (Fsp3) is 0.381. The van der Waals surface area contributed by atoms with Crippen molar-refractivity contribution < 1.29 is 27.6 Å². The maximum atomic E-state index is 13.2. The van der Waals surface area contributed by atoms with Crippen LogP contribution in [0.1, 0.15) is 17.0 Å². The Kier molecular flexibility index (Phi) is 4.88. The molecule has 2 fully saturated rings. The van der Waals surface area contributed by atoms with Gasteiger partial charge in [-0.15, -0.1) is 10.2 Å². The summed E-state index contributed by atoms with van der Waals surface area (Å²) >= 11 is 0.186. The number of allylic oxidation sites excluding steroid dienone is 2. The zero-order valence-corrected chi connectivity index (χ0v) is 17.3. The molecule has 32 heavy (non-hydrogen) atoms. The van der Waals surface area contributed by atoms with Gasteiger partial charge >= 0.3 is 6.18 Å². The van der Waals surface area contributed by atoms with Crippen LogP contribution in [0.3, 0.4) is 0 Å². The van der Waals surface area contributed by atoms with Gasteiger partial charge in [-0.1, -0.05) is 53.8 Å². The summed E-state index contributed by atoms with van der Waals surface area (Å²) in [5.41, 5.74) is 0.708. The quantitative estimate of drug-likeness (QED) is 0.545. The van der Waals surface area contributed by atoms with Gasteiger partial charge in [0, 0.05) is 6.42 Å². The van der Waals surface area contributed by atoms with E-state index < -0.39 is 46.8 Å². The summed E-state index contributed by atoms with van der Waals surface area (Å²) in [6.07, 6.45) is 0.00651. The van der Waals surface area contributed by atoms with Gasteiger partial charge in [0.25, 0.3) is 0 Å². The average molecular weight is 462 g/mol. The van der Waals surface area contributed by atoms with Crippen LogP contribution >= 0.6 is 11.3 Å². The summed E-state index contributed by atoms with van der Waals surface area (Å²) in [6, 6.07) is 7.61. The van der Waals surface area contributed by atoms with Crippen LogP contribution in [0.2, 0.25) is 0 Å². The second-order valence-corrected chi connectivity index (χ2v) is 9.13. The van der Waals surface area contributed by atoms with Crippen molar-refractivity contribution in [1.29, 1.82) is 0 Å². The average Bonchev–Trinajstić information content (AvgIpc) is 3.52. The lowest BCUT2D eigenvalue weighted by atomic mass is 9.85. The van der Waals surface area contributed by atoms with E-state index in [0.717, 1.165) is 11.3 Å². The molecule has 1 aliphatic heterocycles. The summed E-state index contributed by atoms with van der Waals surface area (Å²) in [6.45, 7) is 0. The molecular formula is C21H17F3N4O3S. The number of likely N-dealkylation sites (tertiary alicyclic amines) is 1. The van der Waals surface area contributed by atoms with E-state index in [0.29, 0.717) is 5.56 Å². The number of anilines is 1. The number of amides is 3. The Morgan fingerprint density at radius 2 is 1.72 bits per heavy atom. The summed E-state index contributed by atoms with van der Waals surface area (Å²) in [4.78, 5) is 40.6. The normalized spacial score (nSPS) is 27.2. The summed E-state index contributed by atoms with van der Waals surface area (Å²) in [5.74, 6) is -2.60. The summed E-state index contributed by atoms with van der Waals surface area (Å²) in [7, 11) is 0. The van der Waals surface area contributed by atoms with Gasteiger partial charge < -0.3 is 0 Å². The minimum Gasteiger partial charge on any atom is -0.299 e. The van der Waals surface area contributed by atoms with Crippen LogP contribution in [0.25, 0.3) is 0 Å². The predicted molar refractivity (Wildman–Crippen MR) is 107 cm³/mol. The molecule has 5 rings (SSSR count). The molecule has 2 bridgehead atoms. The first-order chi connectivity index (χ1) is 15.2. The molecule has 2 heterocycles. The number of alkyl halides is 3. The molecule has 1 saturated carbocycles. The minimum atomic E-state index is -4.69. The SMILES string of the molecule is O=C(Nc1nnc(C(F)(F)F)s1)[C@H](Cc1ccccc1)N1C(=O)[C@H]2[C@H](C1=O)[C@H]1C=C[C@H]2C1. The third-order valence-corrected chi connectivity index (χ3v) is 7.17. The van der Waals surface area contributed by atoms with Crippen molar-refractivity contribution in [3.8, 4) is 0 Å². The van der Waals surface area contributed by atoms with E-state index in [2.05, 4.69) is 15.5 Å². The number of hydrogen-bond donors (Lipinski definition) is 1. The molecule has 2 aromatic rings. The standard InChI is InChI=1S/C21H17F3N4O3S/c22-21(23,24)19-26-27-20(32-19)25-16(29)13(8-10-4-2-1-3-5-10)28-17(30)14-11-6-7-12(9-11)15(14)18(28)31/h1-7,11-15H,8-9H2,(H,25,27,29)/t11-,12-,13-,14+,15+/m0/s1. The van der Waals surface area contributed by atoms with E-state index in [-0.39, 0.29) is 34.7 Å². The Hall–Kier alpha value is -3.08. The van der Waals surface area contributed by atoms with Gasteiger partial charge in [0.1, 0.15) is 6.04 Å². The highest BCUT2D eigenvalue weighted by atomic mass is 32.1. The molecule has 3 aliphatic rings. The van der Waals surface area contributed by atoms with E-state index >= 15 is 0 Å². The van der Waals surface area contributed by atoms with E-state index in [1.165, 1.54) is 0 Å². The molecular weight excluding hydrogens is 445 g/mol. The van der Waals surface area contributed by atoms with Crippen molar-refractivity contribution in [1.82, 2.24) is 15.1 Å². The number of aromatic nitrogens is 2. The van der Waals surface area contributed by atoms with Crippen molar-refractivity contribution in [2.45, 2.75) is 25.1 Å². The van der Waals surface area contributed by atoms with Crippen LogP contribution in [0.15, 0.2) is 42.5 Å². The van der Waals surface area contributed by atoms with Gasteiger partial charge in [-0.3, -0.25) is 24.6 Å². The molecule has 2 aliphatic carbocycles. The summed E-state index contributed by atoms with van der Waals surface area (Å²) in [5, 5.41) is 7.22. The molecule has 3 amide bonds. The van der Waals surface area contributed by atoms with Crippen molar-refractivity contribution in [2.75, 3.05) is 5.32 Å². The number of rotatable bonds is 5. The monoisotopic (exact) mass is 462 g/mol. The van der Waals surface area contributed by atoms with Crippen LogP contribution in [0.4, 0.5) is 18.3 Å². The first kappa shape index (κ1) is 20.8. The van der Waals surface area contributed by atoms with Crippen LogP contribution in [-0.4, -0.2) is 38.9 Å². The molecule has 0 spiro atoms. The number of carbonyl (C=O) groups excluding carboxylic acids is 3. The van der Waals surface area contributed by atoms with E-state index in [1.54, 1.807) is 30.3 Å². The highest BCUT2D eigenvalue weighted by Gasteiger charge is 2.61. The molecule has 0 unspecified atom stereocenters. The Labute approximate surface area is 184 Å². The van der Waals surface area contributed by atoms with E-state index in [4.69, 9.17) is 0 Å². The lowest BCUT2D eigenvalue weighted by molar-refractivity contribution is -0.147. The number of imide groups is 1. The number of hydrogen-bond acceptors (Lipinski definition) is 6. The lowest BCUT2D eigenvalue weighted by Crippen LogP contribution is -2.49. The molecule has 166 valence electrons. The van der Waals surface area contributed by atoms with Gasteiger partial charge in [0.15, 0.2) is 0 Å². The van der Waals surface area contributed by atoms with Crippen LogP contribution in [0, 0.1) is 23.7 Å². The molecule has 1 N–H and O–H groups in total. The zero-order valence-electron chi connectivity index (χ0n) is 16.5. The number of halogens is 3. The van der Waals surface area contributed by atoms with Gasteiger partial charge in [0.2, 0.25) is 27.9 Å². The van der Waals surface area contributed by atoms with Crippen LogP contribution in [0.5, 0.6) is 0 Å². The number of nitrogens with zero attached hydrogens (tertiary/aromatic N) is 3. The summed E-state index contributed by atoms with van der Waals surface area (Å²) < 4.78 is 38.5. The molecule has 5 atom stereocenters. The fourth-order valence-corrected chi connectivity index (χ4v) is 5.56. The van der Waals surface area contributed by atoms with Crippen molar-refractivity contribution in [3.05, 3.63) is 53.1 Å². The van der Waals surface area contributed by atoms with Crippen molar-refractivity contribution >= 4 is 34.2 Å². The Balaban J connectivity index is 1.43. The Bertz CT molecular complexity index is 1090. The molecule has 1 aromatic carbocycles. The molecule has 1 saturated heterocycles. The van der Waals surface area contributed by atoms with Crippen LogP contribution in [-0.2, 0) is 27.0 Å². The first-order valence-corrected chi connectivity index (χ1v) is 10.9. The third-order valence-electron chi connectivity index (χ3n) is 6.29. The second-order valence-electron chi connectivity index (χ2n) is 8.15. The molecule has 0 radical (unpaired) electrons. The lowest BCUT2D eigenvalue weighted by Gasteiger charge is -2.26. The van der Waals surface area contributed by atoms with E-state index in [9.17, 15) is 27.6 Å². The maximum absolute atomic E-state index is 13.2. The number of fused-ring (bicyclic) bond motifs is 5. The molecule has 11 heteroatoms. The van der Waals surface area contributed by atoms with Crippen molar-refractivity contribution in [3.63, 3.8) is 0 Å². The van der Waals surface area contributed by atoms with Crippen molar-refractivity contribution in [2.24, 2.45) is 23.7 Å². The van der Waals surface area contributed by atoms with Gasteiger partial charge in [-0.25, -0.2) is 0 Å². The highest BCUT2D eigenvalue weighted by Crippen LogP contribution is 2.53. The third kappa shape index (κ3) is 3.40. The van der Waals surface area contributed by atoms with Gasteiger partial charge in [-0.05, 0) is 23.8 Å². The molecule has 1 aromatic heterocycles. The first-order valence-electron chi connectivity index (χ1n) is 10.0. The van der Waals surface area contributed by atoms with Gasteiger partial charge in [-0.2, -0.15) is 13.2 Å². The molecule has 7 nitrogen and oxygen atoms in total. The topological polar surface area (TPSA) is 92.3 Å². The largest absolute Gasteiger partial charge is 0.445 e. The highest BCUT2D eigenvalue weighted by molar-refractivity contribution is 7.15. The van der Waals surface area contributed by atoms with Crippen LogP contribution < -0.4 is 5.32 Å². The maximum Gasteiger partial charge on any atom is 0.445 e. The minimum absolute atomic E-state index is 0.0237. The fourth-order valence-electron chi connectivity index (χ4n) is 4.95. The predicted octanol–water partition coefficient (Wildman–Crippen LogP) is 2.91. The number of nitrogens with one attached hydrogen (secondary N) is 1. The second kappa shape index (κ2) is 7.51. The Morgan fingerprint density at radius 3 is 2.28 bits per heavy atom. The Morgan fingerprint density at radius 1 is 1.09 bits per heavy atom.